The molecule has 0 atom stereocenters. The molecular formula is C18H22FN3O. The molecule has 0 unspecified atom stereocenters. The largest absolute Gasteiger partial charge is 0.344 e. The van der Waals surface area contributed by atoms with Crippen molar-refractivity contribution in [2.45, 2.75) is 12.8 Å². The molecule has 2 rings (SSSR count). The van der Waals surface area contributed by atoms with Gasteiger partial charge in [0.15, 0.2) is 0 Å². The van der Waals surface area contributed by atoms with Crippen molar-refractivity contribution < 1.29 is 9.18 Å². The van der Waals surface area contributed by atoms with Gasteiger partial charge in [-0.25, -0.2) is 4.39 Å². The standard InChI is InChI=1S/C18H22FN3O/c1-22(13-9-15-6-10-20-11-7-15)18(23)14-21-12-8-16-4-2-3-5-17(16)19/h2-7,10-11,21H,8-9,12-14H2,1H3. The van der Waals surface area contributed by atoms with Crippen LogP contribution in [0.25, 0.3) is 0 Å². The number of pyridine rings is 1. The highest BCUT2D eigenvalue weighted by atomic mass is 19.1. The number of halogens is 1. The lowest BCUT2D eigenvalue weighted by molar-refractivity contribution is -0.128. The number of carbonyl (C=O) groups excluding carboxylic acids is 1. The van der Waals surface area contributed by atoms with Crippen molar-refractivity contribution in [3.05, 3.63) is 65.7 Å². The highest BCUT2D eigenvalue weighted by molar-refractivity contribution is 5.77. The van der Waals surface area contributed by atoms with Crippen molar-refractivity contribution in [2.24, 2.45) is 0 Å². The Kier molecular flexibility index (Phi) is 6.69. The third-order valence-corrected chi connectivity index (χ3v) is 3.72. The van der Waals surface area contributed by atoms with Crippen LogP contribution in [0.3, 0.4) is 0 Å². The second-order valence-electron chi connectivity index (χ2n) is 5.44. The zero-order chi connectivity index (χ0) is 16.5. The Morgan fingerprint density at radius 1 is 1.17 bits per heavy atom. The smallest absolute Gasteiger partial charge is 0.236 e. The minimum atomic E-state index is -0.199. The van der Waals surface area contributed by atoms with E-state index in [4.69, 9.17) is 0 Å². The lowest BCUT2D eigenvalue weighted by atomic mass is 10.1. The normalized spacial score (nSPS) is 10.5. The van der Waals surface area contributed by atoms with Gasteiger partial charge >= 0.3 is 0 Å². The molecule has 1 heterocycles. The molecule has 0 radical (unpaired) electrons. The predicted molar refractivity (Wildman–Crippen MR) is 88.6 cm³/mol. The minimum absolute atomic E-state index is 0.0348. The molecule has 5 heteroatoms. The van der Waals surface area contributed by atoms with E-state index in [-0.39, 0.29) is 18.3 Å². The lowest BCUT2D eigenvalue weighted by Crippen LogP contribution is -2.37. The van der Waals surface area contributed by atoms with Crippen molar-refractivity contribution in [3.8, 4) is 0 Å². The fraction of sp³-hybridized carbons (Fsp3) is 0.333. The molecule has 122 valence electrons. The molecule has 0 bridgehead atoms. The van der Waals surface area contributed by atoms with E-state index in [1.165, 1.54) is 6.07 Å². The monoisotopic (exact) mass is 315 g/mol. The summed E-state index contributed by atoms with van der Waals surface area (Å²) in [6.45, 7) is 1.50. The molecule has 0 aliphatic heterocycles. The van der Waals surface area contributed by atoms with Crippen LogP contribution in [0.15, 0.2) is 48.8 Å². The first-order chi connectivity index (χ1) is 11.2. The van der Waals surface area contributed by atoms with Gasteiger partial charge in [-0.05, 0) is 48.7 Å². The molecule has 0 spiro atoms. The summed E-state index contributed by atoms with van der Waals surface area (Å²) in [5, 5.41) is 3.07. The third-order valence-electron chi connectivity index (χ3n) is 3.72. The van der Waals surface area contributed by atoms with Gasteiger partial charge in [0.1, 0.15) is 5.82 Å². The maximum absolute atomic E-state index is 13.5. The first kappa shape index (κ1) is 17.1. The molecule has 1 N–H and O–H groups in total. The van der Waals surface area contributed by atoms with Crippen molar-refractivity contribution in [1.29, 1.82) is 0 Å². The zero-order valence-corrected chi connectivity index (χ0v) is 13.3. The highest BCUT2D eigenvalue weighted by Gasteiger charge is 2.08. The van der Waals surface area contributed by atoms with E-state index >= 15 is 0 Å². The quantitative estimate of drug-likeness (QED) is 0.759. The van der Waals surface area contributed by atoms with Crippen LogP contribution in [0.1, 0.15) is 11.1 Å². The summed E-state index contributed by atoms with van der Waals surface area (Å²) in [5.41, 5.74) is 1.82. The SMILES string of the molecule is CN(CCc1ccncc1)C(=O)CNCCc1ccccc1F. The summed E-state index contributed by atoms with van der Waals surface area (Å²) < 4.78 is 13.5. The fourth-order valence-electron chi connectivity index (χ4n) is 2.23. The highest BCUT2D eigenvalue weighted by Crippen LogP contribution is 2.06. The number of aromatic nitrogens is 1. The van der Waals surface area contributed by atoms with Crippen molar-refractivity contribution >= 4 is 5.91 Å². The summed E-state index contributed by atoms with van der Waals surface area (Å²) in [7, 11) is 1.79. The Hall–Kier alpha value is -2.27. The van der Waals surface area contributed by atoms with Crippen molar-refractivity contribution in [3.63, 3.8) is 0 Å². The summed E-state index contributed by atoms with van der Waals surface area (Å²) in [6.07, 6.45) is 4.88. The molecule has 1 amide bonds. The molecule has 0 saturated carbocycles. The van der Waals surface area contributed by atoms with Gasteiger partial charge < -0.3 is 10.2 Å². The molecule has 0 saturated heterocycles. The van der Waals surface area contributed by atoms with Gasteiger partial charge in [0.25, 0.3) is 0 Å². The number of benzene rings is 1. The zero-order valence-electron chi connectivity index (χ0n) is 13.3. The first-order valence-corrected chi connectivity index (χ1v) is 7.74. The Morgan fingerprint density at radius 3 is 2.65 bits per heavy atom. The molecule has 4 nitrogen and oxygen atoms in total. The molecule has 1 aromatic heterocycles. The first-order valence-electron chi connectivity index (χ1n) is 7.74. The van der Waals surface area contributed by atoms with Crippen LogP contribution in [0.4, 0.5) is 4.39 Å². The second-order valence-corrected chi connectivity index (χ2v) is 5.44. The molecule has 1 aromatic carbocycles. The Balaban J connectivity index is 1.65. The molecule has 0 aliphatic rings. The van der Waals surface area contributed by atoms with Crippen LogP contribution in [0, 0.1) is 5.82 Å². The van der Waals surface area contributed by atoms with E-state index in [1.807, 2.05) is 18.2 Å². The summed E-state index contributed by atoms with van der Waals surface area (Å²) in [4.78, 5) is 17.7. The van der Waals surface area contributed by atoms with Gasteiger partial charge in [-0.15, -0.1) is 0 Å². The molecule has 0 aliphatic carbocycles. The van der Waals surface area contributed by atoms with Crippen LogP contribution in [-0.4, -0.2) is 42.5 Å². The predicted octanol–water partition coefficient (Wildman–Crippen LogP) is 2.05. The molecular weight excluding hydrogens is 293 g/mol. The number of likely N-dealkylation sites (N-methyl/N-ethyl adjacent to an activating group) is 1. The lowest BCUT2D eigenvalue weighted by Gasteiger charge is -2.17. The number of amides is 1. The second kappa shape index (κ2) is 9.00. The Bertz CT molecular complexity index is 619. The number of nitrogens with one attached hydrogen (secondary N) is 1. The van der Waals surface area contributed by atoms with Crippen LogP contribution in [0.5, 0.6) is 0 Å². The summed E-state index contributed by atoms with van der Waals surface area (Å²) >= 11 is 0. The number of rotatable bonds is 8. The van der Waals surface area contributed by atoms with E-state index in [9.17, 15) is 9.18 Å². The van der Waals surface area contributed by atoms with Crippen LogP contribution >= 0.6 is 0 Å². The van der Waals surface area contributed by atoms with Gasteiger partial charge in [-0.3, -0.25) is 9.78 Å². The molecule has 2 aromatic rings. The van der Waals surface area contributed by atoms with Crippen LogP contribution in [-0.2, 0) is 17.6 Å². The maximum atomic E-state index is 13.5. The third kappa shape index (κ3) is 5.79. The number of hydrogen-bond donors (Lipinski definition) is 1. The number of carbonyl (C=O) groups is 1. The topological polar surface area (TPSA) is 45.2 Å². The summed E-state index contributed by atoms with van der Waals surface area (Å²) in [5.74, 6) is -0.164. The van der Waals surface area contributed by atoms with Gasteiger partial charge in [0.2, 0.25) is 5.91 Å². The average Bonchev–Trinajstić information content (AvgIpc) is 2.58. The van der Waals surface area contributed by atoms with E-state index in [0.717, 1.165) is 12.0 Å². The Labute approximate surface area is 136 Å². The summed E-state index contributed by atoms with van der Waals surface area (Å²) in [6, 6.07) is 10.6. The van der Waals surface area contributed by atoms with Gasteiger partial charge in [0, 0.05) is 26.0 Å². The van der Waals surface area contributed by atoms with Crippen LogP contribution < -0.4 is 5.32 Å². The Morgan fingerprint density at radius 2 is 1.91 bits per heavy atom. The van der Waals surface area contributed by atoms with E-state index in [0.29, 0.717) is 25.1 Å². The number of nitrogens with zero attached hydrogens (tertiary/aromatic N) is 2. The fourth-order valence-corrected chi connectivity index (χ4v) is 2.23. The van der Waals surface area contributed by atoms with Gasteiger partial charge in [-0.1, -0.05) is 18.2 Å². The minimum Gasteiger partial charge on any atom is -0.344 e. The molecule has 23 heavy (non-hydrogen) atoms. The van der Waals surface area contributed by atoms with Crippen LogP contribution in [0.2, 0.25) is 0 Å². The van der Waals surface area contributed by atoms with E-state index in [1.54, 1.807) is 36.5 Å². The van der Waals surface area contributed by atoms with E-state index < -0.39 is 0 Å². The van der Waals surface area contributed by atoms with Crippen molar-refractivity contribution in [2.75, 3.05) is 26.7 Å². The number of hydrogen-bond acceptors (Lipinski definition) is 3. The van der Waals surface area contributed by atoms with Gasteiger partial charge in [0.05, 0.1) is 6.54 Å². The van der Waals surface area contributed by atoms with E-state index in [2.05, 4.69) is 10.3 Å². The van der Waals surface area contributed by atoms with Crippen molar-refractivity contribution in [1.82, 2.24) is 15.2 Å². The average molecular weight is 315 g/mol. The van der Waals surface area contributed by atoms with Gasteiger partial charge in [-0.2, -0.15) is 0 Å². The molecule has 0 fully saturated rings. The maximum Gasteiger partial charge on any atom is 0.236 e.